The quantitative estimate of drug-likeness (QED) is 0.832. The van der Waals surface area contributed by atoms with Gasteiger partial charge in [-0.05, 0) is 38.5 Å². The minimum Gasteiger partial charge on any atom is -0.423 e. The topological polar surface area (TPSA) is 40.5 Å². The molecule has 0 spiro atoms. The van der Waals surface area contributed by atoms with Crippen LogP contribution in [0.2, 0.25) is 0 Å². The van der Waals surface area contributed by atoms with E-state index in [2.05, 4.69) is 71.9 Å². The van der Waals surface area contributed by atoms with E-state index >= 15 is 0 Å². The van der Waals surface area contributed by atoms with E-state index in [4.69, 9.17) is 0 Å². The smallest absolute Gasteiger partial charge is 0.423 e. The summed E-state index contributed by atoms with van der Waals surface area (Å²) in [6, 6.07) is 14.3. The van der Waals surface area contributed by atoms with Gasteiger partial charge in [0.05, 0.1) is 0 Å². The van der Waals surface area contributed by atoms with Gasteiger partial charge >= 0.3 is 7.12 Å². The third-order valence-corrected chi connectivity index (χ3v) is 4.26. The first-order chi connectivity index (χ1) is 10.5. The summed E-state index contributed by atoms with van der Waals surface area (Å²) < 4.78 is 0. The summed E-state index contributed by atoms with van der Waals surface area (Å²) in [6.45, 7) is 12.9. The van der Waals surface area contributed by atoms with E-state index in [9.17, 15) is 10.0 Å². The lowest BCUT2D eigenvalue weighted by Crippen LogP contribution is -2.33. The lowest BCUT2D eigenvalue weighted by molar-refractivity contribution is 0.426. The van der Waals surface area contributed by atoms with Gasteiger partial charge in [0.15, 0.2) is 0 Å². The zero-order valence-electron chi connectivity index (χ0n) is 15.0. The third-order valence-electron chi connectivity index (χ3n) is 4.26. The molecule has 2 nitrogen and oxygen atoms in total. The summed E-state index contributed by atoms with van der Waals surface area (Å²) in [5.41, 5.74) is 4.86. The van der Waals surface area contributed by atoms with Gasteiger partial charge in [-0.1, -0.05) is 84.0 Å². The van der Waals surface area contributed by atoms with Crippen molar-refractivity contribution >= 4 is 12.6 Å². The van der Waals surface area contributed by atoms with E-state index in [0.29, 0.717) is 5.46 Å². The Morgan fingerprint density at radius 3 is 1.61 bits per heavy atom. The molecule has 3 heteroatoms. The van der Waals surface area contributed by atoms with Crippen LogP contribution in [0.3, 0.4) is 0 Å². The Labute approximate surface area is 140 Å². The highest BCUT2D eigenvalue weighted by atomic mass is 16.4. The van der Waals surface area contributed by atoms with Crippen molar-refractivity contribution in [1.82, 2.24) is 0 Å². The monoisotopic (exact) mass is 310 g/mol. The summed E-state index contributed by atoms with van der Waals surface area (Å²) in [7, 11) is -1.48. The summed E-state index contributed by atoms with van der Waals surface area (Å²) in [5.74, 6) is 0. The van der Waals surface area contributed by atoms with E-state index in [1.165, 1.54) is 5.56 Å². The van der Waals surface area contributed by atoms with Gasteiger partial charge < -0.3 is 10.0 Å². The van der Waals surface area contributed by atoms with Crippen molar-refractivity contribution in [2.75, 3.05) is 0 Å². The SMILES string of the molecule is CC(C)(C)c1ccc(-c2ccc(C(C)(C)C)cc2B(O)O)cc1. The molecule has 0 radical (unpaired) electrons. The van der Waals surface area contributed by atoms with Gasteiger partial charge in [0, 0.05) is 0 Å². The van der Waals surface area contributed by atoms with Crippen molar-refractivity contribution in [1.29, 1.82) is 0 Å². The van der Waals surface area contributed by atoms with Crippen molar-refractivity contribution in [2.24, 2.45) is 0 Å². The van der Waals surface area contributed by atoms with E-state index in [1.807, 2.05) is 12.1 Å². The van der Waals surface area contributed by atoms with Crippen LogP contribution >= 0.6 is 0 Å². The van der Waals surface area contributed by atoms with Gasteiger partial charge in [-0.15, -0.1) is 0 Å². The molecule has 0 amide bonds. The molecule has 2 rings (SSSR count). The zero-order valence-corrected chi connectivity index (χ0v) is 15.0. The molecule has 0 aliphatic rings. The van der Waals surface area contributed by atoms with Gasteiger partial charge in [0.2, 0.25) is 0 Å². The summed E-state index contributed by atoms with van der Waals surface area (Å²) in [5, 5.41) is 19.6. The van der Waals surface area contributed by atoms with Crippen molar-refractivity contribution in [2.45, 2.75) is 52.4 Å². The second kappa shape index (κ2) is 6.14. The molecular formula is C20H27BO2. The molecule has 0 atom stereocenters. The fraction of sp³-hybridized carbons (Fsp3) is 0.400. The summed E-state index contributed by atoms with van der Waals surface area (Å²) >= 11 is 0. The first kappa shape index (κ1) is 17.8. The highest BCUT2D eigenvalue weighted by molar-refractivity contribution is 6.60. The van der Waals surface area contributed by atoms with Gasteiger partial charge in [0.25, 0.3) is 0 Å². The van der Waals surface area contributed by atoms with Crippen LogP contribution in [0.1, 0.15) is 52.7 Å². The summed E-state index contributed by atoms with van der Waals surface area (Å²) in [6.07, 6.45) is 0. The van der Waals surface area contributed by atoms with Gasteiger partial charge in [-0.3, -0.25) is 0 Å². The Hall–Kier alpha value is -1.58. The second-order valence-corrected chi connectivity index (χ2v) is 8.25. The molecule has 0 fully saturated rings. The lowest BCUT2D eigenvalue weighted by atomic mass is 9.72. The Morgan fingerprint density at radius 1 is 0.696 bits per heavy atom. The van der Waals surface area contributed by atoms with Crippen molar-refractivity contribution < 1.29 is 10.0 Å². The van der Waals surface area contributed by atoms with Crippen LogP contribution in [0.4, 0.5) is 0 Å². The molecule has 0 bridgehead atoms. The first-order valence-electron chi connectivity index (χ1n) is 8.11. The minimum absolute atomic E-state index is 0.0295. The molecule has 0 saturated carbocycles. The molecule has 2 aromatic carbocycles. The van der Waals surface area contributed by atoms with E-state index in [0.717, 1.165) is 16.7 Å². The van der Waals surface area contributed by atoms with Crippen LogP contribution in [0.15, 0.2) is 42.5 Å². The van der Waals surface area contributed by atoms with Crippen LogP contribution in [0.25, 0.3) is 11.1 Å². The summed E-state index contributed by atoms with van der Waals surface area (Å²) in [4.78, 5) is 0. The molecule has 0 aliphatic heterocycles. The van der Waals surface area contributed by atoms with Crippen molar-refractivity contribution in [3.8, 4) is 11.1 Å². The van der Waals surface area contributed by atoms with Crippen LogP contribution < -0.4 is 5.46 Å². The maximum absolute atomic E-state index is 9.80. The van der Waals surface area contributed by atoms with Gasteiger partial charge in [-0.25, -0.2) is 0 Å². The average molecular weight is 310 g/mol. The number of rotatable bonds is 2. The van der Waals surface area contributed by atoms with Crippen molar-refractivity contribution in [3.05, 3.63) is 53.6 Å². The molecular weight excluding hydrogens is 283 g/mol. The number of hydrogen-bond acceptors (Lipinski definition) is 2. The van der Waals surface area contributed by atoms with Crippen LogP contribution in [-0.2, 0) is 10.8 Å². The average Bonchev–Trinajstić information content (AvgIpc) is 2.45. The molecule has 2 aromatic rings. The van der Waals surface area contributed by atoms with Gasteiger partial charge in [0.1, 0.15) is 0 Å². The standard InChI is InChI=1S/C20H27BO2/c1-19(2,3)15-9-7-14(8-10-15)17-12-11-16(20(4,5)6)13-18(17)21(22)23/h7-13,22-23H,1-6H3. The minimum atomic E-state index is -1.48. The first-order valence-corrected chi connectivity index (χ1v) is 8.11. The fourth-order valence-corrected chi connectivity index (χ4v) is 2.66. The number of benzene rings is 2. The fourth-order valence-electron chi connectivity index (χ4n) is 2.66. The van der Waals surface area contributed by atoms with Gasteiger partial charge in [-0.2, -0.15) is 0 Å². The molecule has 0 heterocycles. The molecule has 0 aromatic heterocycles. The van der Waals surface area contributed by atoms with Crippen LogP contribution in [0.5, 0.6) is 0 Å². The molecule has 0 saturated heterocycles. The van der Waals surface area contributed by atoms with E-state index in [1.54, 1.807) is 0 Å². The Bertz CT molecular complexity index is 674. The maximum atomic E-state index is 9.80. The highest BCUT2D eigenvalue weighted by Gasteiger charge is 2.22. The molecule has 122 valence electrons. The van der Waals surface area contributed by atoms with Crippen LogP contribution in [0, 0.1) is 0 Å². The normalized spacial score (nSPS) is 12.3. The molecule has 0 aliphatic carbocycles. The largest absolute Gasteiger partial charge is 0.489 e. The Morgan fingerprint density at radius 2 is 1.17 bits per heavy atom. The van der Waals surface area contributed by atoms with Crippen LogP contribution in [-0.4, -0.2) is 17.2 Å². The molecule has 0 unspecified atom stereocenters. The van der Waals surface area contributed by atoms with E-state index < -0.39 is 7.12 Å². The molecule has 23 heavy (non-hydrogen) atoms. The number of hydrogen-bond donors (Lipinski definition) is 2. The third kappa shape index (κ3) is 4.04. The molecule has 2 N–H and O–H groups in total. The zero-order chi connectivity index (χ0) is 17.4. The Balaban J connectivity index is 2.51. The van der Waals surface area contributed by atoms with Crippen molar-refractivity contribution in [3.63, 3.8) is 0 Å². The van der Waals surface area contributed by atoms with E-state index in [-0.39, 0.29) is 10.8 Å². The predicted molar refractivity (Wildman–Crippen MR) is 99.1 cm³/mol. The lowest BCUT2D eigenvalue weighted by Gasteiger charge is -2.22. The maximum Gasteiger partial charge on any atom is 0.489 e. The second-order valence-electron chi connectivity index (χ2n) is 8.25. The highest BCUT2D eigenvalue weighted by Crippen LogP contribution is 2.28. The predicted octanol–water partition coefficient (Wildman–Crippen LogP) is 3.63. The Kier molecular flexibility index (Phi) is 4.75.